The molecular formula is C16H17ClFN. The Morgan fingerprint density at radius 2 is 1.95 bits per heavy atom. The molecule has 0 fully saturated rings. The molecule has 1 unspecified atom stereocenters. The van der Waals surface area contributed by atoms with Crippen molar-refractivity contribution in [1.82, 2.24) is 0 Å². The fourth-order valence-corrected chi connectivity index (χ4v) is 2.32. The predicted octanol–water partition coefficient (Wildman–Crippen LogP) is 4.34. The van der Waals surface area contributed by atoms with E-state index in [1.54, 1.807) is 6.07 Å². The molecule has 0 aliphatic heterocycles. The van der Waals surface area contributed by atoms with Crippen molar-refractivity contribution in [3.63, 3.8) is 0 Å². The molecule has 2 rings (SSSR count). The van der Waals surface area contributed by atoms with Gasteiger partial charge in [-0.1, -0.05) is 35.9 Å². The smallest absolute Gasteiger partial charge is 0.142 e. The molecule has 1 nitrogen and oxygen atoms in total. The van der Waals surface area contributed by atoms with Gasteiger partial charge in [-0.25, -0.2) is 4.39 Å². The Morgan fingerprint density at radius 3 is 2.63 bits per heavy atom. The standard InChI is InChI=1S/C16H17ClFN/c1-10-4-3-5-13(11(10)2)16(19)9-12-6-7-14(17)15(18)8-12/h3-8,16H,9,19H2,1-2H3. The van der Waals surface area contributed by atoms with Crippen LogP contribution in [-0.4, -0.2) is 0 Å². The van der Waals surface area contributed by atoms with Crippen LogP contribution in [0.3, 0.4) is 0 Å². The van der Waals surface area contributed by atoms with Crippen molar-refractivity contribution in [3.05, 3.63) is 69.5 Å². The van der Waals surface area contributed by atoms with Crippen molar-refractivity contribution in [2.45, 2.75) is 26.3 Å². The first-order chi connectivity index (χ1) is 8.99. The Morgan fingerprint density at radius 1 is 1.21 bits per heavy atom. The highest BCUT2D eigenvalue weighted by Crippen LogP contribution is 2.23. The van der Waals surface area contributed by atoms with E-state index < -0.39 is 5.82 Å². The number of nitrogens with two attached hydrogens (primary N) is 1. The molecule has 2 N–H and O–H groups in total. The van der Waals surface area contributed by atoms with Gasteiger partial charge in [0.15, 0.2) is 0 Å². The number of halogens is 2. The average Bonchev–Trinajstić information content (AvgIpc) is 2.37. The minimum absolute atomic E-state index is 0.138. The lowest BCUT2D eigenvalue weighted by Crippen LogP contribution is -2.15. The van der Waals surface area contributed by atoms with E-state index in [0.717, 1.165) is 11.1 Å². The van der Waals surface area contributed by atoms with Crippen LogP contribution in [0.15, 0.2) is 36.4 Å². The third kappa shape index (κ3) is 3.14. The Kier molecular flexibility index (Phi) is 4.23. The lowest BCUT2D eigenvalue weighted by atomic mass is 9.94. The van der Waals surface area contributed by atoms with Crippen LogP contribution in [0.4, 0.5) is 4.39 Å². The molecule has 2 aromatic rings. The molecular weight excluding hydrogens is 261 g/mol. The first kappa shape index (κ1) is 14.0. The zero-order valence-electron chi connectivity index (χ0n) is 11.1. The van der Waals surface area contributed by atoms with Crippen molar-refractivity contribution >= 4 is 11.6 Å². The number of benzene rings is 2. The second-order valence-electron chi connectivity index (χ2n) is 4.85. The number of hydrogen-bond acceptors (Lipinski definition) is 1. The van der Waals surface area contributed by atoms with E-state index in [0.29, 0.717) is 6.42 Å². The number of rotatable bonds is 3. The van der Waals surface area contributed by atoms with Gasteiger partial charge < -0.3 is 5.73 Å². The summed E-state index contributed by atoms with van der Waals surface area (Å²) in [6.45, 7) is 4.13. The van der Waals surface area contributed by atoms with Gasteiger partial charge in [0, 0.05) is 6.04 Å². The maximum atomic E-state index is 13.4. The third-order valence-electron chi connectivity index (χ3n) is 3.49. The molecule has 100 valence electrons. The fourth-order valence-electron chi connectivity index (χ4n) is 2.21. The Bertz CT molecular complexity index is 595. The van der Waals surface area contributed by atoms with Crippen LogP contribution >= 0.6 is 11.6 Å². The van der Waals surface area contributed by atoms with Gasteiger partial charge in [0.1, 0.15) is 5.82 Å². The van der Waals surface area contributed by atoms with Crippen LogP contribution in [-0.2, 0) is 6.42 Å². The van der Waals surface area contributed by atoms with Gasteiger partial charge in [0.25, 0.3) is 0 Å². The molecule has 3 heteroatoms. The zero-order valence-corrected chi connectivity index (χ0v) is 11.8. The summed E-state index contributed by atoms with van der Waals surface area (Å²) in [5.74, 6) is -0.396. The number of aryl methyl sites for hydroxylation is 1. The van der Waals surface area contributed by atoms with Crippen LogP contribution in [0.2, 0.25) is 5.02 Å². The first-order valence-electron chi connectivity index (χ1n) is 6.24. The van der Waals surface area contributed by atoms with E-state index in [9.17, 15) is 4.39 Å². The molecule has 0 amide bonds. The highest BCUT2D eigenvalue weighted by atomic mass is 35.5. The summed E-state index contributed by atoms with van der Waals surface area (Å²) in [6, 6.07) is 10.8. The van der Waals surface area contributed by atoms with E-state index in [1.807, 2.05) is 18.2 Å². The molecule has 0 spiro atoms. The van der Waals surface area contributed by atoms with Gasteiger partial charge in [-0.2, -0.15) is 0 Å². The lowest BCUT2D eigenvalue weighted by molar-refractivity contribution is 0.622. The first-order valence-corrected chi connectivity index (χ1v) is 6.62. The predicted molar refractivity (Wildman–Crippen MR) is 78.0 cm³/mol. The molecule has 0 saturated carbocycles. The van der Waals surface area contributed by atoms with E-state index in [-0.39, 0.29) is 11.1 Å². The maximum Gasteiger partial charge on any atom is 0.142 e. The molecule has 0 aliphatic rings. The number of hydrogen-bond donors (Lipinski definition) is 1. The Labute approximate surface area is 118 Å². The zero-order chi connectivity index (χ0) is 14.0. The van der Waals surface area contributed by atoms with Crippen molar-refractivity contribution in [2.75, 3.05) is 0 Å². The topological polar surface area (TPSA) is 26.0 Å². The molecule has 0 saturated heterocycles. The molecule has 0 aliphatic carbocycles. The van der Waals surface area contributed by atoms with Crippen LogP contribution in [0.5, 0.6) is 0 Å². The summed E-state index contributed by atoms with van der Waals surface area (Å²) in [4.78, 5) is 0. The van der Waals surface area contributed by atoms with Crippen molar-refractivity contribution in [1.29, 1.82) is 0 Å². The summed E-state index contributed by atoms with van der Waals surface area (Å²) in [6.07, 6.45) is 0.596. The summed E-state index contributed by atoms with van der Waals surface area (Å²) in [5.41, 5.74) is 10.6. The minimum Gasteiger partial charge on any atom is -0.324 e. The van der Waals surface area contributed by atoms with Crippen molar-refractivity contribution in [3.8, 4) is 0 Å². The van der Waals surface area contributed by atoms with Crippen LogP contribution in [0, 0.1) is 19.7 Å². The second-order valence-corrected chi connectivity index (χ2v) is 5.26. The summed E-state index contributed by atoms with van der Waals surface area (Å²) in [5, 5.41) is 0.143. The molecule has 0 aromatic heterocycles. The van der Waals surface area contributed by atoms with Crippen molar-refractivity contribution in [2.24, 2.45) is 5.73 Å². The molecule has 0 radical (unpaired) electrons. The molecule has 1 atom stereocenters. The Balaban J connectivity index is 2.23. The normalized spacial score (nSPS) is 12.5. The average molecular weight is 278 g/mol. The van der Waals surface area contributed by atoms with Crippen LogP contribution < -0.4 is 5.73 Å². The van der Waals surface area contributed by atoms with Gasteiger partial charge in [-0.3, -0.25) is 0 Å². The van der Waals surface area contributed by atoms with E-state index in [4.69, 9.17) is 17.3 Å². The van der Waals surface area contributed by atoms with Gasteiger partial charge in [-0.05, 0) is 54.7 Å². The van der Waals surface area contributed by atoms with E-state index in [2.05, 4.69) is 19.9 Å². The van der Waals surface area contributed by atoms with Crippen LogP contribution in [0.25, 0.3) is 0 Å². The summed E-state index contributed by atoms with van der Waals surface area (Å²) >= 11 is 5.67. The summed E-state index contributed by atoms with van der Waals surface area (Å²) in [7, 11) is 0. The molecule has 19 heavy (non-hydrogen) atoms. The quantitative estimate of drug-likeness (QED) is 0.887. The van der Waals surface area contributed by atoms with Gasteiger partial charge >= 0.3 is 0 Å². The second kappa shape index (κ2) is 5.72. The highest BCUT2D eigenvalue weighted by molar-refractivity contribution is 6.30. The van der Waals surface area contributed by atoms with Gasteiger partial charge in [-0.15, -0.1) is 0 Å². The molecule has 0 heterocycles. The summed E-state index contributed by atoms with van der Waals surface area (Å²) < 4.78 is 13.4. The van der Waals surface area contributed by atoms with E-state index >= 15 is 0 Å². The molecule has 0 bridgehead atoms. The van der Waals surface area contributed by atoms with Gasteiger partial charge in [0.2, 0.25) is 0 Å². The highest BCUT2D eigenvalue weighted by Gasteiger charge is 2.12. The SMILES string of the molecule is Cc1cccc(C(N)Cc2ccc(Cl)c(F)c2)c1C. The molecule has 2 aromatic carbocycles. The van der Waals surface area contributed by atoms with Gasteiger partial charge in [0.05, 0.1) is 5.02 Å². The minimum atomic E-state index is -0.396. The Hall–Kier alpha value is -1.38. The lowest BCUT2D eigenvalue weighted by Gasteiger charge is -2.16. The third-order valence-corrected chi connectivity index (χ3v) is 3.79. The van der Waals surface area contributed by atoms with Crippen molar-refractivity contribution < 1.29 is 4.39 Å². The van der Waals surface area contributed by atoms with E-state index in [1.165, 1.54) is 17.2 Å². The fraction of sp³-hybridized carbons (Fsp3) is 0.250. The monoisotopic (exact) mass is 277 g/mol. The maximum absolute atomic E-state index is 13.4. The largest absolute Gasteiger partial charge is 0.324 e. The van der Waals surface area contributed by atoms with Crippen LogP contribution in [0.1, 0.15) is 28.3 Å².